The Balaban J connectivity index is 4.52. The molecule has 0 aliphatic heterocycles. The molecule has 0 rings (SSSR count). The maximum Gasteiger partial charge on any atom is 0.227 e. The van der Waals surface area contributed by atoms with Crippen molar-refractivity contribution in [1.29, 1.82) is 5.41 Å². The van der Waals surface area contributed by atoms with Crippen LogP contribution in [0.5, 0.6) is 0 Å². The topological polar surface area (TPSA) is 82.5 Å². The van der Waals surface area contributed by atoms with Crippen molar-refractivity contribution in [3.8, 4) is 0 Å². The van der Waals surface area contributed by atoms with Crippen molar-refractivity contribution in [1.82, 2.24) is 4.90 Å². The number of nitrogens with zero attached hydrogens (tertiary/aromatic N) is 2. The van der Waals surface area contributed by atoms with E-state index < -0.39 is 0 Å². The number of carbonyl (C=O) groups excluding carboxylic acids is 1. The van der Waals surface area contributed by atoms with Gasteiger partial charge in [0.25, 0.3) is 0 Å². The third kappa shape index (κ3) is 5.85. The average molecular weight is 231 g/mol. The number of hydrogen-bond acceptors (Lipinski definition) is 3. The highest BCUT2D eigenvalue weighted by Crippen LogP contribution is 2.02. The van der Waals surface area contributed by atoms with Crippen molar-refractivity contribution < 1.29 is 4.79 Å². The highest BCUT2D eigenvalue weighted by atomic mass is 35.5. The molecule has 0 saturated heterocycles. The van der Waals surface area contributed by atoms with E-state index in [0.29, 0.717) is 11.3 Å². The Morgan fingerprint density at radius 3 is 2.53 bits per heavy atom. The Labute approximate surface area is 94.1 Å². The van der Waals surface area contributed by atoms with Crippen molar-refractivity contribution in [2.24, 2.45) is 10.7 Å². The summed E-state index contributed by atoms with van der Waals surface area (Å²) in [4.78, 5) is 16.3. The van der Waals surface area contributed by atoms with Crippen LogP contribution in [0.25, 0.3) is 0 Å². The fourth-order valence-electron chi connectivity index (χ4n) is 0.697. The molecule has 84 valence electrons. The number of halogens is 1. The van der Waals surface area contributed by atoms with Gasteiger partial charge in [-0.15, -0.1) is 0 Å². The van der Waals surface area contributed by atoms with Crippen molar-refractivity contribution in [2.45, 2.75) is 13.3 Å². The Kier molecular flexibility index (Phi) is 5.62. The van der Waals surface area contributed by atoms with Gasteiger partial charge in [-0.1, -0.05) is 0 Å². The second kappa shape index (κ2) is 6.19. The first kappa shape index (κ1) is 13.6. The van der Waals surface area contributed by atoms with Gasteiger partial charge in [-0.05, 0) is 24.1 Å². The molecule has 0 spiro atoms. The summed E-state index contributed by atoms with van der Waals surface area (Å²) in [5, 5.41) is 6.55. The SMILES string of the molecule is C/C(C=NC(=N)Cl)=C(\N)CC(=O)N(C)C. The summed E-state index contributed by atoms with van der Waals surface area (Å²) < 4.78 is 0. The second-order valence-electron chi connectivity index (χ2n) is 3.22. The van der Waals surface area contributed by atoms with Gasteiger partial charge in [0.05, 0.1) is 6.42 Å². The van der Waals surface area contributed by atoms with Crippen molar-refractivity contribution in [2.75, 3.05) is 14.1 Å². The molecule has 0 aliphatic rings. The van der Waals surface area contributed by atoms with Gasteiger partial charge >= 0.3 is 0 Å². The molecule has 5 nitrogen and oxygen atoms in total. The van der Waals surface area contributed by atoms with Crippen molar-refractivity contribution >= 4 is 29.0 Å². The van der Waals surface area contributed by atoms with Gasteiger partial charge in [0.2, 0.25) is 11.2 Å². The van der Waals surface area contributed by atoms with E-state index in [0.717, 1.165) is 0 Å². The lowest BCUT2D eigenvalue weighted by Crippen LogP contribution is -2.23. The van der Waals surface area contributed by atoms with Crippen LogP contribution in [0, 0.1) is 5.41 Å². The van der Waals surface area contributed by atoms with Crippen molar-refractivity contribution in [3.63, 3.8) is 0 Å². The number of amides is 1. The van der Waals surface area contributed by atoms with Gasteiger partial charge in [-0.3, -0.25) is 10.2 Å². The van der Waals surface area contributed by atoms with Crippen LogP contribution >= 0.6 is 11.6 Å². The summed E-state index contributed by atoms with van der Waals surface area (Å²) in [5.41, 5.74) is 6.73. The zero-order valence-electron chi connectivity index (χ0n) is 9.04. The number of rotatable bonds is 3. The second-order valence-corrected chi connectivity index (χ2v) is 3.58. The highest BCUT2D eigenvalue weighted by Gasteiger charge is 2.06. The molecular weight excluding hydrogens is 216 g/mol. The summed E-state index contributed by atoms with van der Waals surface area (Å²) in [5.74, 6) is -0.0822. The molecule has 0 unspecified atom stereocenters. The van der Waals surface area contributed by atoms with E-state index in [9.17, 15) is 4.79 Å². The van der Waals surface area contributed by atoms with E-state index >= 15 is 0 Å². The average Bonchev–Trinajstić information content (AvgIpc) is 2.13. The van der Waals surface area contributed by atoms with Gasteiger partial charge in [-0.2, -0.15) is 0 Å². The first-order valence-electron chi connectivity index (χ1n) is 4.28. The number of nitrogens with two attached hydrogens (primary N) is 1. The number of allylic oxidation sites excluding steroid dienone is 1. The lowest BCUT2D eigenvalue weighted by molar-refractivity contribution is -0.127. The Bertz CT molecular complexity index is 320. The van der Waals surface area contributed by atoms with Crippen LogP contribution in [0.1, 0.15) is 13.3 Å². The van der Waals surface area contributed by atoms with Gasteiger partial charge in [-0.25, -0.2) is 4.99 Å². The summed E-state index contributed by atoms with van der Waals surface area (Å²) in [6, 6.07) is 0. The molecule has 0 heterocycles. The lowest BCUT2D eigenvalue weighted by atomic mass is 10.2. The molecule has 1 amide bonds. The summed E-state index contributed by atoms with van der Waals surface area (Å²) in [7, 11) is 3.32. The van der Waals surface area contributed by atoms with Crippen LogP contribution in [0.3, 0.4) is 0 Å². The number of carbonyl (C=O) groups is 1. The molecule has 0 saturated carbocycles. The van der Waals surface area contributed by atoms with Gasteiger partial charge < -0.3 is 10.6 Å². The van der Waals surface area contributed by atoms with Crippen LogP contribution in [0.15, 0.2) is 16.3 Å². The predicted octanol–water partition coefficient (Wildman–Crippen LogP) is 0.942. The van der Waals surface area contributed by atoms with Gasteiger partial charge in [0, 0.05) is 26.0 Å². The molecule has 0 bridgehead atoms. The number of nitrogens with one attached hydrogen (secondary N) is 1. The highest BCUT2D eigenvalue weighted by molar-refractivity contribution is 6.64. The predicted molar refractivity (Wildman–Crippen MR) is 62.3 cm³/mol. The van der Waals surface area contributed by atoms with E-state index in [1.807, 2.05) is 0 Å². The number of amidine groups is 1. The zero-order valence-corrected chi connectivity index (χ0v) is 9.80. The van der Waals surface area contributed by atoms with Crippen LogP contribution in [0.2, 0.25) is 0 Å². The molecule has 15 heavy (non-hydrogen) atoms. The molecule has 6 heteroatoms. The minimum Gasteiger partial charge on any atom is -0.401 e. The smallest absolute Gasteiger partial charge is 0.227 e. The Hall–Kier alpha value is -1.36. The molecule has 0 aliphatic carbocycles. The standard InChI is InChI=1S/C9H15ClN4O/c1-6(5-13-9(10)12)7(11)4-8(15)14(2)3/h5,12H,4,11H2,1-3H3/b7-6+,12-9?,13-5?. The van der Waals surface area contributed by atoms with Gasteiger partial charge in [0.15, 0.2) is 0 Å². The number of aliphatic imine (C=N–C) groups is 1. The Morgan fingerprint density at radius 1 is 1.60 bits per heavy atom. The van der Waals surface area contributed by atoms with E-state index in [-0.39, 0.29) is 17.6 Å². The van der Waals surface area contributed by atoms with E-state index in [2.05, 4.69) is 4.99 Å². The third-order valence-corrected chi connectivity index (χ3v) is 1.82. The first-order chi connectivity index (χ1) is 6.84. The monoisotopic (exact) mass is 230 g/mol. The normalized spacial score (nSPS) is 12.5. The molecule has 0 atom stereocenters. The van der Waals surface area contributed by atoms with Gasteiger partial charge in [0.1, 0.15) is 0 Å². The minimum atomic E-state index is -0.318. The van der Waals surface area contributed by atoms with Crippen molar-refractivity contribution in [3.05, 3.63) is 11.3 Å². The molecule has 0 radical (unpaired) electrons. The molecule has 0 aromatic rings. The summed E-state index contributed by atoms with van der Waals surface area (Å²) in [6.45, 7) is 1.71. The number of hydrogen-bond donors (Lipinski definition) is 2. The maximum absolute atomic E-state index is 11.3. The molecular formula is C9H15ClN4O. The fraction of sp³-hybridized carbons (Fsp3) is 0.444. The Morgan fingerprint density at radius 2 is 2.13 bits per heavy atom. The molecule has 0 fully saturated rings. The zero-order chi connectivity index (χ0) is 12.0. The van der Waals surface area contributed by atoms with Crippen LogP contribution in [-0.2, 0) is 4.79 Å². The minimum absolute atomic E-state index is 0.0822. The summed E-state index contributed by atoms with van der Waals surface area (Å²) >= 11 is 5.23. The molecule has 3 N–H and O–H groups in total. The largest absolute Gasteiger partial charge is 0.401 e. The fourth-order valence-corrected chi connectivity index (χ4v) is 0.746. The first-order valence-corrected chi connectivity index (χ1v) is 4.66. The molecule has 0 aromatic heterocycles. The quantitative estimate of drug-likeness (QED) is 0.430. The third-order valence-electron chi connectivity index (χ3n) is 1.72. The van der Waals surface area contributed by atoms with Crippen LogP contribution < -0.4 is 5.73 Å². The summed E-state index contributed by atoms with van der Waals surface area (Å²) in [6.07, 6.45) is 1.51. The van der Waals surface area contributed by atoms with Crippen LogP contribution in [0.4, 0.5) is 0 Å². The molecule has 0 aromatic carbocycles. The van der Waals surface area contributed by atoms with E-state index in [1.165, 1.54) is 11.1 Å². The van der Waals surface area contributed by atoms with E-state index in [4.69, 9.17) is 22.7 Å². The van der Waals surface area contributed by atoms with Crippen LogP contribution in [-0.4, -0.2) is 36.4 Å². The lowest BCUT2D eigenvalue weighted by Gasteiger charge is -2.10. The van der Waals surface area contributed by atoms with E-state index in [1.54, 1.807) is 21.0 Å². The maximum atomic E-state index is 11.3.